The minimum Gasteiger partial charge on any atom is -0.494 e. The number of anilines is 1. The molecule has 0 saturated heterocycles. The van der Waals surface area contributed by atoms with Gasteiger partial charge in [-0.25, -0.2) is 4.99 Å². The Hall–Kier alpha value is -5.12. The van der Waals surface area contributed by atoms with Crippen molar-refractivity contribution in [1.82, 2.24) is 4.57 Å². The molecule has 1 atom stereocenters. The lowest BCUT2D eigenvalue weighted by atomic mass is 9.95. The van der Waals surface area contributed by atoms with Crippen LogP contribution >= 0.6 is 22.9 Å². The van der Waals surface area contributed by atoms with Crippen LogP contribution in [0.3, 0.4) is 0 Å². The van der Waals surface area contributed by atoms with Gasteiger partial charge in [0.25, 0.3) is 11.5 Å². The van der Waals surface area contributed by atoms with Crippen molar-refractivity contribution in [3.05, 3.63) is 150 Å². The molecule has 238 valence electrons. The van der Waals surface area contributed by atoms with Gasteiger partial charge in [-0.2, -0.15) is 0 Å². The number of benzene rings is 4. The summed E-state index contributed by atoms with van der Waals surface area (Å²) in [5.74, 6) is 1.46. The molecule has 1 aliphatic rings. The fourth-order valence-electron chi connectivity index (χ4n) is 5.39. The van der Waals surface area contributed by atoms with E-state index in [4.69, 9.17) is 30.8 Å². The van der Waals surface area contributed by atoms with Gasteiger partial charge < -0.3 is 19.5 Å². The summed E-state index contributed by atoms with van der Waals surface area (Å²) >= 11 is 7.38. The van der Waals surface area contributed by atoms with Gasteiger partial charge in [0.1, 0.15) is 12.4 Å². The van der Waals surface area contributed by atoms with Gasteiger partial charge in [-0.1, -0.05) is 71.5 Å². The van der Waals surface area contributed by atoms with Crippen LogP contribution in [0.1, 0.15) is 36.6 Å². The highest BCUT2D eigenvalue weighted by Gasteiger charge is 2.32. The molecule has 0 bridgehead atoms. The number of amides is 1. The first-order valence-electron chi connectivity index (χ1n) is 15.0. The second-order valence-electron chi connectivity index (χ2n) is 10.7. The fraction of sp³-hybridized carbons (Fsp3) is 0.162. The number of hydrogen-bond acceptors (Lipinski definition) is 7. The Labute approximate surface area is 280 Å². The Kier molecular flexibility index (Phi) is 9.56. The van der Waals surface area contributed by atoms with Crippen LogP contribution < -0.4 is 34.4 Å². The lowest BCUT2D eigenvalue weighted by molar-refractivity contribution is -0.113. The molecule has 0 radical (unpaired) electrons. The number of fused-ring (bicyclic) bond motifs is 1. The molecule has 0 aliphatic carbocycles. The summed E-state index contributed by atoms with van der Waals surface area (Å²) in [7, 11) is 1.57. The zero-order valence-corrected chi connectivity index (χ0v) is 27.6. The Morgan fingerprint density at radius 1 is 0.979 bits per heavy atom. The summed E-state index contributed by atoms with van der Waals surface area (Å²) in [5, 5.41) is 3.62. The van der Waals surface area contributed by atoms with Crippen LogP contribution in [-0.4, -0.2) is 24.2 Å². The average Bonchev–Trinajstić information content (AvgIpc) is 3.38. The molecule has 4 aromatic carbocycles. The lowest BCUT2D eigenvalue weighted by Gasteiger charge is -2.25. The first-order chi connectivity index (χ1) is 22.8. The van der Waals surface area contributed by atoms with Gasteiger partial charge in [0.05, 0.1) is 35.6 Å². The number of hydrogen-bond donors (Lipinski definition) is 1. The number of allylic oxidation sites excluding steroid dienone is 1. The van der Waals surface area contributed by atoms with Crippen molar-refractivity contribution >= 4 is 40.6 Å². The number of thiazole rings is 1. The molecule has 1 aromatic heterocycles. The van der Waals surface area contributed by atoms with Gasteiger partial charge in [0.15, 0.2) is 16.3 Å². The zero-order valence-electron chi connectivity index (χ0n) is 26.0. The molecule has 6 rings (SSSR count). The van der Waals surface area contributed by atoms with Gasteiger partial charge in [-0.15, -0.1) is 0 Å². The molecular weight excluding hydrogens is 634 g/mol. The van der Waals surface area contributed by atoms with Crippen LogP contribution in [0.25, 0.3) is 6.08 Å². The standard InChI is InChI=1S/C37H32ClN3O5S/c1-4-45-29-16-14-26(15-17-29)34-33(35(42)40-28-11-6-5-7-12-28)23(2)39-37-41(34)36(43)32(47-37)21-24-13-18-30(31(20-24)44-3)46-22-25-9-8-10-27(38)19-25/h5-21,34H,4,22H2,1-3H3,(H,40,42)/b32-21-/t34-/m0/s1. The summed E-state index contributed by atoms with van der Waals surface area (Å²) < 4.78 is 19.3. The predicted molar refractivity (Wildman–Crippen MR) is 185 cm³/mol. The highest BCUT2D eigenvalue weighted by Crippen LogP contribution is 2.32. The Bertz CT molecular complexity index is 2140. The second kappa shape index (κ2) is 14.1. The van der Waals surface area contributed by atoms with Crippen molar-refractivity contribution in [3.63, 3.8) is 0 Å². The van der Waals surface area contributed by atoms with E-state index in [9.17, 15) is 9.59 Å². The molecule has 0 fully saturated rings. The maximum Gasteiger partial charge on any atom is 0.271 e. The zero-order chi connectivity index (χ0) is 32.9. The number of para-hydroxylation sites is 1. The summed E-state index contributed by atoms with van der Waals surface area (Å²) in [6.07, 6.45) is 1.80. The van der Waals surface area contributed by atoms with E-state index in [1.165, 1.54) is 11.3 Å². The maximum atomic E-state index is 14.1. The molecule has 2 heterocycles. The molecule has 1 aliphatic heterocycles. The normalized spacial score (nSPS) is 14.3. The molecule has 10 heteroatoms. The third-order valence-corrected chi connectivity index (χ3v) is 8.79. The van der Waals surface area contributed by atoms with Crippen LogP contribution in [0.15, 0.2) is 118 Å². The highest BCUT2D eigenvalue weighted by atomic mass is 35.5. The number of nitrogens with one attached hydrogen (secondary N) is 1. The number of ether oxygens (including phenoxy) is 3. The van der Waals surface area contributed by atoms with E-state index in [1.807, 2.05) is 104 Å². The third kappa shape index (κ3) is 7.01. The SMILES string of the molecule is CCOc1ccc([C@H]2C(C(=O)Nc3ccccc3)=C(C)N=c3s/c(=C\c4ccc(OCc5cccc(Cl)c5)c(OC)c4)c(=O)n32)cc1. The summed E-state index contributed by atoms with van der Waals surface area (Å²) in [6, 6.07) is 28.9. The molecule has 5 aromatic rings. The van der Waals surface area contributed by atoms with Crippen molar-refractivity contribution in [2.75, 3.05) is 19.0 Å². The van der Waals surface area contributed by atoms with Gasteiger partial charge in [0.2, 0.25) is 0 Å². The Morgan fingerprint density at radius 3 is 2.49 bits per heavy atom. The monoisotopic (exact) mass is 665 g/mol. The quantitative estimate of drug-likeness (QED) is 0.184. The number of rotatable bonds is 10. The van der Waals surface area contributed by atoms with Gasteiger partial charge in [0, 0.05) is 10.7 Å². The summed E-state index contributed by atoms with van der Waals surface area (Å²) in [5.41, 5.74) is 3.75. The molecule has 1 amide bonds. The number of nitrogens with zero attached hydrogens (tertiary/aromatic N) is 2. The van der Waals surface area contributed by atoms with Crippen LogP contribution in [-0.2, 0) is 11.4 Å². The fourth-order valence-corrected chi connectivity index (χ4v) is 6.65. The van der Waals surface area contributed by atoms with Crippen molar-refractivity contribution in [2.24, 2.45) is 4.99 Å². The summed E-state index contributed by atoms with van der Waals surface area (Å²) in [6.45, 7) is 4.56. The van der Waals surface area contributed by atoms with E-state index in [1.54, 1.807) is 24.7 Å². The average molecular weight is 666 g/mol. The van der Waals surface area contributed by atoms with E-state index in [2.05, 4.69) is 5.32 Å². The number of aromatic nitrogens is 1. The first-order valence-corrected chi connectivity index (χ1v) is 16.2. The van der Waals surface area contributed by atoms with Crippen molar-refractivity contribution in [1.29, 1.82) is 0 Å². The molecule has 1 N–H and O–H groups in total. The third-order valence-electron chi connectivity index (χ3n) is 7.57. The highest BCUT2D eigenvalue weighted by molar-refractivity contribution is 7.07. The topological polar surface area (TPSA) is 91.2 Å². The van der Waals surface area contributed by atoms with Gasteiger partial charge in [-0.05, 0) is 85.1 Å². The van der Waals surface area contributed by atoms with Gasteiger partial charge >= 0.3 is 0 Å². The number of carbonyl (C=O) groups is 1. The minimum absolute atomic E-state index is 0.259. The molecule has 0 spiro atoms. The van der Waals surface area contributed by atoms with Crippen LogP contribution in [0.2, 0.25) is 5.02 Å². The van der Waals surface area contributed by atoms with E-state index in [0.29, 0.717) is 61.8 Å². The molecule has 47 heavy (non-hydrogen) atoms. The predicted octanol–water partition coefficient (Wildman–Crippen LogP) is 6.51. The molecular formula is C37H32ClN3O5S. The largest absolute Gasteiger partial charge is 0.494 e. The van der Waals surface area contributed by atoms with Crippen LogP contribution in [0.5, 0.6) is 17.2 Å². The van der Waals surface area contributed by atoms with Crippen molar-refractivity contribution in [2.45, 2.75) is 26.5 Å². The smallest absolute Gasteiger partial charge is 0.271 e. The van der Waals surface area contributed by atoms with Crippen molar-refractivity contribution < 1.29 is 19.0 Å². The van der Waals surface area contributed by atoms with E-state index >= 15 is 0 Å². The lowest BCUT2D eigenvalue weighted by Crippen LogP contribution is -2.40. The number of halogens is 1. The summed E-state index contributed by atoms with van der Waals surface area (Å²) in [4.78, 5) is 33.2. The number of methoxy groups -OCH3 is 1. The van der Waals surface area contributed by atoms with Crippen LogP contribution in [0, 0.1) is 0 Å². The maximum absolute atomic E-state index is 14.1. The second-order valence-corrected chi connectivity index (χ2v) is 12.2. The number of carbonyl (C=O) groups excluding carboxylic acids is 1. The molecule has 0 saturated carbocycles. The first kappa shape index (κ1) is 31.8. The molecule has 0 unspecified atom stereocenters. The van der Waals surface area contributed by atoms with E-state index in [0.717, 1.165) is 16.7 Å². The minimum atomic E-state index is -0.704. The van der Waals surface area contributed by atoms with E-state index < -0.39 is 6.04 Å². The van der Waals surface area contributed by atoms with E-state index in [-0.39, 0.29) is 11.5 Å². The van der Waals surface area contributed by atoms with Gasteiger partial charge in [-0.3, -0.25) is 14.2 Å². The molecule has 8 nitrogen and oxygen atoms in total. The van der Waals surface area contributed by atoms with Crippen LogP contribution in [0.4, 0.5) is 5.69 Å². The Morgan fingerprint density at radius 2 is 1.77 bits per heavy atom. The Balaban J connectivity index is 1.38. The van der Waals surface area contributed by atoms with Crippen molar-refractivity contribution in [3.8, 4) is 17.2 Å².